The third-order valence-electron chi connectivity index (χ3n) is 6.57. The van der Waals surface area contributed by atoms with Crippen LogP contribution in [0.4, 0.5) is 11.4 Å². The van der Waals surface area contributed by atoms with Crippen molar-refractivity contribution in [3.8, 4) is 0 Å². The zero-order valence-corrected chi connectivity index (χ0v) is 21.5. The maximum Gasteiger partial charge on any atom is 0.0429 e. The molecule has 0 saturated carbocycles. The quantitative estimate of drug-likeness (QED) is 0.202. The molecule has 0 aliphatic heterocycles. The molecular weight excluding hydrogens is 436 g/mol. The van der Waals surface area contributed by atoms with Crippen molar-refractivity contribution in [2.24, 2.45) is 0 Å². The van der Waals surface area contributed by atoms with E-state index in [1.165, 1.54) is 39.2 Å². The van der Waals surface area contributed by atoms with Gasteiger partial charge in [-0.1, -0.05) is 104 Å². The lowest BCUT2D eigenvalue weighted by Crippen LogP contribution is -2.21. The molecule has 182 valence electrons. The van der Waals surface area contributed by atoms with Gasteiger partial charge in [-0.05, 0) is 65.9 Å². The fraction of sp³-hybridized carbons (Fsp3) is 0.176. The minimum Gasteiger partial charge on any atom is -0.367 e. The predicted octanol–water partition coefficient (Wildman–Crippen LogP) is 8.36. The summed E-state index contributed by atoms with van der Waals surface area (Å²) in [6.45, 7) is 12.1. The summed E-state index contributed by atoms with van der Waals surface area (Å²) in [5, 5.41) is 0. The maximum atomic E-state index is 3.97. The van der Waals surface area contributed by atoms with Crippen LogP contribution in [0, 0.1) is 0 Å². The molecule has 0 aromatic heterocycles. The first-order chi connectivity index (χ1) is 17.7. The molecule has 4 aromatic carbocycles. The summed E-state index contributed by atoms with van der Waals surface area (Å²) in [5.74, 6) is 0. The number of anilines is 2. The molecule has 0 aliphatic carbocycles. The average molecular weight is 473 g/mol. The van der Waals surface area contributed by atoms with Crippen LogP contribution in [0.25, 0.3) is 5.57 Å². The molecule has 0 spiro atoms. The molecule has 0 amide bonds. The Kier molecular flexibility index (Phi) is 8.77. The van der Waals surface area contributed by atoms with E-state index in [0.29, 0.717) is 0 Å². The molecule has 0 N–H and O–H groups in total. The number of benzene rings is 4. The number of allylic oxidation sites excluding steroid dienone is 2. The summed E-state index contributed by atoms with van der Waals surface area (Å²) in [6, 6.07) is 39.1. The number of nitrogens with zero attached hydrogens (tertiary/aromatic N) is 2. The van der Waals surface area contributed by atoms with Crippen molar-refractivity contribution < 1.29 is 0 Å². The van der Waals surface area contributed by atoms with Crippen LogP contribution >= 0.6 is 0 Å². The van der Waals surface area contributed by atoms with Crippen LogP contribution in [-0.2, 0) is 13.1 Å². The molecule has 0 atom stereocenters. The monoisotopic (exact) mass is 472 g/mol. The topological polar surface area (TPSA) is 6.48 Å². The first kappa shape index (κ1) is 25.1. The molecule has 0 radical (unpaired) electrons. The highest BCUT2D eigenvalue weighted by Gasteiger charge is 2.10. The molecule has 4 aromatic rings. The van der Waals surface area contributed by atoms with Crippen LogP contribution in [0.2, 0.25) is 0 Å². The SMILES string of the molecule is C=CC=C(c1ccc(N(CC)Cc2ccccc2)cc1)c1ccc(N(CC)Cc2ccccc2)cc1. The number of hydrogen-bond acceptors (Lipinski definition) is 2. The molecule has 0 fully saturated rings. The smallest absolute Gasteiger partial charge is 0.0429 e. The fourth-order valence-electron chi connectivity index (χ4n) is 4.56. The van der Waals surface area contributed by atoms with Crippen LogP contribution in [-0.4, -0.2) is 13.1 Å². The summed E-state index contributed by atoms with van der Waals surface area (Å²) >= 11 is 0. The molecular formula is C34H36N2. The zero-order chi connectivity index (χ0) is 25.2. The second-order valence-electron chi connectivity index (χ2n) is 8.91. The lowest BCUT2D eigenvalue weighted by Gasteiger charge is -2.24. The summed E-state index contributed by atoms with van der Waals surface area (Å²) < 4.78 is 0. The Morgan fingerprint density at radius 3 is 1.31 bits per heavy atom. The molecule has 36 heavy (non-hydrogen) atoms. The maximum absolute atomic E-state index is 3.97. The Labute approximate surface area is 216 Å². The molecule has 0 aliphatic rings. The van der Waals surface area contributed by atoms with E-state index in [-0.39, 0.29) is 0 Å². The minimum atomic E-state index is 0.907. The third-order valence-corrected chi connectivity index (χ3v) is 6.57. The highest BCUT2D eigenvalue weighted by molar-refractivity contribution is 5.82. The molecule has 4 rings (SSSR count). The van der Waals surface area contributed by atoms with Crippen molar-refractivity contribution in [2.75, 3.05) is 22.9 Å². The van der Waals surface area contributed by atoms with Crippen molar-refractivity contribution in [2.45, 2.75) is 26.9 Å². The Balaban J connectivity index is 1.52. The third kappa shape index (κ3) is 6.34. The van der Waals surface area contributed by atoms with Gasteiger partial charge in [0.2, 0.25) is 0 Å². The van der Waals surface area contributed by atoms with E-state index >= 15 is 0 Å². The average Bonchev–Trinajstić information content (AvgIpc) is 2.95. The van der Waals surface area contributed by atoms with Gasteiger partial charge in [-0.3, -0.25) is 0 Å². The summed E-state index contributed by atoms with van der Waals surface area (Å²) in [4.78, 5) is 4.80. The zero-order valence-electron chi connectivity index (χ0n) is 21.5. The van der Waals surface area contributed by atoms with E-state index < -0.39 is 0 Å². The van der Waals surface area contributed by atoms with E-state index in [4.69, 9.17) is 0 Å². The van der Waals surface area contributed by atoms with Gasteiger partial charge in [0.1, 0.15) is 0 Å². The van der Waals surface area contributed by atoms with Crippen molar-refractivity contribution >= 4 is 16.9 Å². The minimum absolute atomic E-state index is 0.907. The van der Waals surface area contributed by atoms with Crippen LogP contribution in [0.3, 0.4) is 0 Å². The Morgan fingerprint density at radius 2 is 0.972 bits per heavy atom. The summed E-state index contributed by atoms with van der Waals surface area (Å²) in [6.07, 6.45) is 3.98. The highest BCUT2D eigenvalue weighted by atomic mass is 15.1. The Bertz CT molecular complexity index is 1150. The van der Waals surface area contributed by atoms with Crippen molar-refractivity contribution in [3.05, 3.63) is 150 Å². The summed E-state index contributed by atoms with van der Waals surface area (Å²) in [5.41, 5.74) is 8.68. The van der Waals surface area contributed by atoms with Crippen molar-refractivity contribution in [1.29, 1.82) is 0 Å². The van der Waals surface area contributed by atoms with E-state index in [0.717, 1.165) is 26.2 Å². The lowest BCUT2D eigenvalue weighted by atomic mass is 9.96. The van der Waals surface area contributed by atoms with Crippen molar-refractivity contribution in [3.63, 3.8) is 0 Å². The Hall–Kier alpha value is -4.04. The normalized spacial score (nSPS) is 10.5. The van der Waals surface area contributed by atoms with Gasteiger partial charge >= 0.3 is 0 Å². The molecule has 0 unspecified atom stereocenters. The number of hydrogen-bond donors (Lipinski definition) is 0. The van der Waals surface area contributed by atoms with E-state index in [2.05, 4.69) is 145 Å². The van der Waals surface area contributed by atoms with E-state index in [1.54, 1.807) is 0 Å². The summed E-state index contributed by atoms with van der Waals surface area (Å²) in [7, 11) is 0. The molecule has 2 nitrogen and oxygen atoms in total. The first-order valence-electron chi connectivity index (χ1n) is 12.8. The lowest BCUT2D eigenvalue weighted by molar-refractivity contribution is 0.832. The first-order valence-corrected chi connectivity index (χ1v) is 12.8. The van der Waals surface area contributed by atoms with Crippen LogP contribution in [0.5, 0.6) is 0 Å². The molecule has 2 heteroatoms. The van der Waals surface area contributed by atoms with Crippen molar-refractivity contribution in [1.82, 2.24) is 0 Å². The molecule has 0 saturated heterocycles. The predicted molar refractivity (Wildman–Crippen MR) is 156 cm³/mol. The van der Waals surface area contributed by atoms with Gasteiger partial charge in [-0.15, -0.1) is 0 Å². The van der Waals surface area contributed by atoms with Gasteiger partial charge in [0.05, 0.1) is 0 Å². The van der Waals surface area contributed by atoms with Gasteiger partial charge in [0, 0.05) is 37.6 Å². The second-order valence-corrected chi connectivity index (χ2v) is 8.91. The second kappa shape index (κ2) is 12.6. The highest BCUT2D eigenvalue weighted by Crippen LogP contribution is 2.28. The van der Waals surface area contributed by atoms with Gasteiger partial charge < -0.3 is 9.80 Å². The standard InChI is InChI=1S/C34H36N2/c1-4-13-34(30-18-22-32(23-19-30)35(5-2)26-28-14-9-7-10-15-28)31-20-24-33(25-21-31)36(6-3)27-29-16-11-8-12-17-29/h4,7-25H,1,5-6,26-27H2,2-3H3. The number of rotatable bonds is 11. The molecule has 0 heterocycles. The van der Waals surface area contributed by atoms with E-state index in [1.807, 2.05) is 6.08 Å². The Morgan fingerprint density at radius 1 is 0.583 bits per heavy atom. The van der Waals surface area contributed by atoms with Crippen LogP contribution in [0.1, 0.15) is 36.1 Å². The van der Waals surface area contributed by atoms with Crippen LogP contribution < -0.4 is 9.80 Å². The van der Waals surface area contributed by atoms with Gasteiger partial charge in [-0.25, -0.2) is 0 Å². The van der Waals surface area contributed by atoms with Gasteiger partial charge in [0.25, 0.3) is 0 Å². The molecule has 0 bridgehead atoms. The fourth-order valence-corrected chi connectivity index (χ4v) is 4.56. The van der Waals surface area contributed by atoms with Gasteiger partial charge in [0.15, 0.2) is 0 Å². The van der Waals surface area contributed by atoms with Gasteiger partial charge in [-0.2, -0.15) is 0 Å². The van der Waals surface area contributed by atoms with Crippen LogP contribution in [0.15, 0.2) is 128 Å². The largest absolute Gasteiger partial charge is 0.367 e. The van der Waals surface area contributed by atoms with E-state index in [9.17, 15) is 0 Å².